The second-order valence-corrected chi connectivity index (χ2v) is 5.53. The highest BCUT2D eigenvalue weighted by Gasteiger charge is 2.24. The maximum absolute atomic E-state index is 12.1. The van der Waals surface area contributed by atoms with Gasteiger partial charge < -0.3 is 9.64 Å². The lowest BCUT2D eigenvalue weighted by molar-refractivity contribution is -0.130. The average molecular weight is 275 g/mol. The van der Waals surface area contributed by atoms with Crippen molar-refractivity contribution in [3.05, 3.63) is 35.4 Å². The lowest BCUT2D eigenvalue weighted by Gasteiger charge is -2.26. The first kappa shape index (κ1) is 14.7. The average Bonchev–Trinajstić information content (AvgIpc) is 2.47. The van der Waals surface area contributed by atoms with Crippen molar-refractivity contribution < 1.29 is 14.3 Å². The summed E-state index contributed by atoms with van der Waals surface area (Å²) in [5.41, 5.74) is 1.66. The Labute approximate surface area is 119 Å². The van der Waals surface area contributed by atoms with Crippen molar-refractivity contribution in [2.75, 3.05) is 26.3 Å². The topological polar surface area (TPSA) is 46.6 Å². The van der Waals surface area contributed by atoms with Crippen molar-refractivity contribution in [1.29, 1.82) is 0 Å². The Kier molecular flexibility index (Phi) is 4.90. The second kappa shape index (κ2) is 6.66. The van der Waals surface area contributed by atoms with Crippen LogP contribution in [0, 0.1) is 5.92 Å². The predicted octanol–water partition coefficient (Wildman–Crippen LogP) is 1.93. The lowest BCUT2D eigenvalue weighted by atomic mass is 10.0. The molecule has 0 aromatic heterocycles. The van der Waals surface area contributed by atoms with Crippen LogP contribution in [0.2, 0.25) is 0 Å². The maximum Gasteiger partial charge on any atom is 0.295 e. The van der Waals surface area contributed by atoms with Crippen LogP contribution in [0.5, 0.6) is 0 Å². The van der Waals surface area contributed by atoms with Crippen LogP contribution in [0.1, 0.15) is 29.8 Å². The molecule has 20 heavy (non-hydrogen) atoms. The zero-order chi connectivity index (χ0) is 14.5. The molecule has 1 aliphatic heterocycles. The lowest BCUT2D eigenvalue weighted by Crippen LogP contribution is -2.44. The van der Waals surface area contributed by atoms with E-state index in [1.54, 1.807) is 17.0 Å². The van der Waals surface area contributed by atoms with E-state index >= 15 is 0 Å². The highest BCUT2D eigenvalue weighted by atomic mass is 16.5. The van der Waals surface area contributed by atoms with Crippen LogP contribution >= 0.6 is 0 Å². The third kappa shape index (κ3) is 3.67. The van der Waals surface area contributed by atoms with Gasteiger partial charge >= 0.3 is 0 Å². The first-order valence-corrected chi connectivity index (χ1v) is 7.08. The zero-order valence-electron chi connectivity index (χ0n) is 12.1. The third-order valence-electron chi connectivity index (χ3n) is 3.35. The molecule has 1 saturated heterocycles. The van der Waals surface area contributed by atoms with Gasteiger partial charge in [-0.3, -0.25) is 9.59 Å². The fraction of sp³-hybridized carbons (Fsp3) is 0.500. The Hall–Kier alpha value is -1.68. The molecule has 0 saturated carbocycles. The smallest absolute Gasteiger partial charge is 0.295 e. The Balaban J connectivity index is 2.02. The van der Waals surface area contributed by atoms with Crippen LogP contribution in [0.25, 0.3) is 0 Å². The van der Waals surface area contributed by atoms with Gasteiger partial charge in [0.05, 0.1) is 13.2 Å². The van der Waals surface area contributed by atoms with E-state index in [9.17, 15) is 9.59 Å². The zero-order valence-corrected chi connectivity index (χ0v) is 12.1. The number of morpholine rings is 1. The molecular weight excluding hydrogens is 254 g/mol. The highest BCUT2D eigenvalue weighted by molar-refractivity contribution is 6.42. The number of hydrogen-bond donors (Lipinski definition) is 0. The molecule has 1 amide bonds. The Morgan fingerprint density at radius 2 is 1.75 bits per heavy atom. The molecule has 108 valence electrons. The van der Waals surface area contributed by atoms with Gasteiger partial charge in [0.1, 0.15) is 0 Å². The first-order valence-electron chi connectivity index (χ1n) is 7.08. The van der Waals surface area contributed by atoms with Gasteiger partial charge in [-0.2, -0.15) is 0 Å². The van der Waals surface area contributed by atoms with Crippen molar-refractivity contribution >= 4 is 11.7 Å². The molecule has 4 heteroatoms. The van der Waals surface area contributed by atoms with E-state index in [0.717, 1.165) is 6.42 Å². The van der Waals surface area contributed by atoms with Crippen LogP contribution in [0.4, 0.5) is 0 Å². The molecule has 2 rings (SSSR count). The summed E-state index contributed by atoms with van der Waals surface area (Å²) in [6.45, 7) is 6.31. The van der Waals surface area contributed by atoms with Gasteiger partial charge in [-0.15, -0.1) is 0 Å². The number of hydrogen-bond acceptors (Lipinski definition) is 3. The molecule has 0 spiro atoms. The highest BCUT2D eigenvalue weighted by Crippen LogP contribution is 2.11. The van der Waals surface area contributed by atoms with Gasteiger partial charge in [-0.05, 0) is 17.9 Å². The third-order valence-corrected chi connectivity index (χ3v) is 3.35. The summed E-state index contributed by atoms with van der Waals surface area (Å²) in [5.74, 6) is -0.278. The van der Waals surface area contributed by atoms with Crippen LogP contribution in [-0.2, 0) is 16.0 Å². The summed E-state index contributed by atoms with van der Waals surface area (Å²) in [5, 5.41) is 0. The van der Waals surface area contributed by atoms with E-state index in [1.165, 1.54) is 5.56 Å². The summed E-state index contributed by atoms with van der Waals surface area (Å²) in [6.07, 6.45) is 0.978. The van der Waals surface area contributed by atoms with Gasteiger partial charge in [0.25, 0.3) is 5.91 Å². The normalized spacial score (nSPS) is 15.4. The van der Waals surface area contributed by atoms with Gasteiger partial charge in [0.2, 0.25) is 5.78 Å². The molecule has 1 aromatic rings. The van der Waals surface area contributed by atoms with E-state index in [2.05, 4.69) is 13.8 Å². The fourth-order valence-corrected chi connectivity index (χ4v) is 2.30. The maximum atomic E-state index is 12.1. The van der Waals surface area contributed by atoms with Gasteiger partial charge in [-0.25, -0.2) is 0 Å². The van der Waals surface area contributed by atoms with E-state index in [-0.39, 0.29) is 0 Å². The molecule has 0 aliphatic carbocycles. The fourth-order valence-electron chi connectivity index (χ4n) is 2.30. The SMILES string of the molecule is CC(C)Cc1ccc(C(=O)C(=O)N2CCOCC2)cc1. The molecule has 0 bridgehead atoms. The number of benzene rings is 1. The molecule has 0 N–H and O–H groups in total. The van der Waals surface area contributed by atoms with Gasteiger partial charge in [0.15, 0.2) is 0 Å². The number of ketones is 1. The summed E-state index contributed by atoms with van der Waals surface area (Å²) in [6, 6.07) is 7.36. The first-order chi connectivity index (χ1) is 9.58. The number of carbonyl (C=O) groups is 2. The molecule has 4 nitrogen and oxygen atoms in total. The molecule has 1 fully saturated rings. The summed E-state index contributed by atoms with van der Waals surface area (Å²) in [4.78, 5) is 25.8. The number of rotatable bonds is 4. The van der Waals surface area contributed by atoms with Crippen LogP contribution in [0.15, 0.2) is 24.3 Å². The Morgan fingerprint density at radius 1 is 1.15 bits per heavy atom. The van der Waals surface area contributed by atoms with Gasteiger partial charge in [0, 0.05) is 18.7 Å². The molecule has 0 radical (unpaired) electrons. The van der Waals surface area contributed by atoms with Crippen LogP contribution in [0.3, 0.4) is 0 Å². The Bertz CT molecular complexity index is 473. The molecule has 1 aliphatic rings. The number of Topliss-reactive ketones (excluding diaryl/α,β-unsaturated/α-hetero) is 1. The standard InChI is InChI=1S/C16H21NO3/c1-12(2)11-13-3-5-14(6-4-13)15(18)16(19)17-7-9-20-10-8-17/h3-6,12H,7-11H2,1-2H3. The number of amides is 1. The van der Waals surface area contributed by atoms with E-state index < -0.39 is 11.7 Å². The molecule has 1 aromatic carbocycles. The minimum atomic E-state index is -0.428. The summed E-state index contributed by atoms with van der Waals surface area (Å²) < 4.78 is 5.18. The van der Waals surface area contributed by atoms with E-state index in [1.807, 2.05) is 12.1 Å². The second-order valence-electron chi connectivity index (χ2n) is 5.53. The molecular formula is C16H21NO3. The van der Waals surface area contributed by atoms with E-state index in [0.29, 0.717) is 37.8 Å². The predicted molar refractivity (Wildman–Crippen MR) is 76.7 cm³/mol. The van der Waals surface area contributed by atoms with Gasteiger partial charge in [-0.1, -0.05) is 38.1 Å². The summed E-state index contributed by atoms with van der Waals surface area (Å²) in [7, 11) is 0. The Morgan fingerprint density at radius 3 is 2.30 bits per heavy atom. The summed E-state index contributed by atoms with van der Waals surface area (Å²) >= 11 is 0. The quantitative estimate of drug-likeness (QED) is 0.623. The van der Waals surface area contributed by atoms with Crippen molar-refractivity contribution in [3.63, 3.8) is 0 Å². The molecule has 1 heterocycles. The number of ether oxygens (including phenoxy) is 1. The monoisotopic (exact) mass is 275 g/mol. The van der Waals surface area contributed by atoms with E-state index in [4.69, 9.17) is 4.74 Å². The minimum Gasteiger partial charge on any atom is -0.378 e. The number of nitrogens with zero attached hydrogens (tertiary/aromatic N) is 1. The van der Waals surface area contributed by atoms with Crippen LogP contribution < -0.4 is 0 Å². The van der Waals surface area contributed by atoms with Crippen LogP contribution in [-0.4, -0.2) is 42.9 Å². The largest absolute Gasteiger partial charge is 0.378 e. The van der Waals surface area contributed by atoms with Crippen molar-refractivity contribution in [3.8, 4) is 0 Å². The van der Waals surface area contributed by atoms with Crippen molar-refractivity contribution in [2.45, 2.75) is 20.3 Å². The molecule has 0 atom stereocenters. The van der Waals surface area contributed by atoms with Crippen molar-refractivity contribution in [1.82, 2.24) is 4.90 Å². The van der Waals surface area contributed by atoms with Crippen molar-refractivity contribution in [2.24, 2.45) is 5.92 Å². The minimum absolute atomic E-state index is 0.426. The number of carbonyl (C=O) groups excluding carboxylic acids is 2. The molecule has 0 unspecified atom stereocenters.